The third-order valence-corrected chi connectivity index (χ3v) is 4.41. The zero-order valence-electron chi connectivity index (χ0n) is 15.1. The average Bonchev–Trinajstić information content (AvgIpc) is 2.99. The molecule has 0 fully saturated rings. The van der Waals surface area contributed by atoms with Crippen LogP contribution in [-0.2, 0) is 22.9 Å². The second-order valence-electron chi connectivity index (χ2n) is 7.04. The van der Waals surface area contributed by atoms with Crippen molar-refractivity contribution in [1.29, 1.82) is 0 Å². The Morgan fingerprint density at radius 1 is 1.26 bits per heavy atom. The monoisotopic (exact) mass is 387 g/mol. The summed E-state index contributed by atoms with van der Waals surface area (Å²) in [6.07, 6.45) is -4.02. The number of imidazole rings is 1. The summed E-state index contributed by atoms with van der Waals surface area (Å²) in [6, 6.07) is 5.96. The van der Waals surface area contributed by atoms with Crippen LogP contribution in [0.3, 0.4) is 0 Å². The summed E-state index contributed by atoms with van der Waals surface area (Å²) in [5, 5.41) is 12.6. The van der Waals surface area contributed by atoms with Gasteiger partial charge in [0.15, 0.2) is 5.82 Å². The molecule has 148 valence electrons. The van der Waals surface area contributed by atoms with Gasteiger partial charge in [-0.1, -0.05) is 32.0 Å². The van der Waals surface area contributed by atoms with Gasteiger partial charge in [-0.3, -0.25) is 4.79 Å². The van der Waals surface area contributed by atoms with Crippen molar-refractivity contribution in [2.24, 2.45) is 7.05 Å². The number of nitrogens with zero attached hydrogens (tertiary/aromatic N) is 2. The van der Waals surface area contributed by atoms with E-state index in [1.165, 1.54) is 25.4 Å². The number of aliphatic hydroxyl groups is 1. The van der Waals surface area contributed by atoms with Crippen molar-refractivity contribution in [3.05, 3.63) is 53.9 Å². The summed E-state index contributed by atoms with van der Waals surface area (Å²) in [6.45, 7) is 3.20. The van der Waals surface area contributed by atoms with Crippen LogP contribution in [0, 0.1) is 5.82 Å². The zero-order chi connectivity index (χ0) is 20.5. The Kier molecular flexibility index (Phi) is 5.65. The molecule has 2 N–H and O–H groups in total. The molecule has 1 unspecified atom stereocenters. The molecule has 0 aliphatic heterocycles. The van der Waals surface area contributed by atoms with Gasteiger partial charge in [0.25, 0.3) is 0 Å². The van der Waals surface area contributed by atoms with Gasteiger partial charge in [-0.2, -0.15) is 13.2 Å². The van der Waals surface area contributed by atoms with Crippen molar-refractivity contribution >= 4 is 5.91 Å². The Morgan fingerprint density at radius 3 is 2.41 bits per heavy atom. The van der Waals surface area contributed by atoms with E-state index in [-0.39, 0.29) is 6.54 Å². The van der Waals surface area contributed by atoms with E-state index in [0.29, 0.717) is 5.56 Å². The molecule has 0 radical (unpaired) electrons. The van der Waals surface area contributed by atoms with Crippen LogP contribution in [0.5, 0.6) is 0 Å². The maximum atomic E-state index is 14.0. The van der Waals surface area contributed by atoms with Crippen molar-refractivity contribution in [2.45, 2.75) is 37.5 Å². The fourth-order valence-corrected chi connectivity index (χ4v) is 2.79. The largest absolute Gasteiger partial charge is 0.425 e. The molecule has 0 saturated heterocycles. The maximum absolute atomic E-state index is 14.0. The summed E-state index contributed by atoms with van der Waals surface area (Å²) in [5.41, 5.74) is -3.97. The van der Waals surface area contributed by atoms with E-state index < -0.39 is 41.2 Å². The first-order valence-electron chi connectivity index (χ1n) is 8.17. The molecule has 0 bridgehead atoms. The van der Waals surface area contributed by atoms with Crippen LogP contribution >= 0.6 is 0 Å². The minimum absolute atomic E-state index is 0.110. The Labute approximate surface area is 154 Å². The highest BCUT2D eigenvalue weighted by Crippen LogP contribution is 2.40. The van der Waals surface area contributed by atoms with Crippen LogP contribution < -0.4 is 5.32 Å². The van der Waals surface area contributed by atoms with Gasteiger partial charge in [-0.25, -0.2) is 9.37 Å². The molecule has 27 heavy (non-hydrogen) atoms. The lowest BCUT2D eigenvalue weighted by Gasteiger charge is -2.30. The number of carbonyl (C=O) groups excluding carboxylic acids is 1. The fourth-order valence-electron chi connectivity index (χ4n) is 2.79. The van der Waals surface area contributed by atoms with Crippen molar-refractivity contribution in [3.63, 3.8) is 0 Å². The molecule has 0 aliphatic carbocycles. The van der Waals surface area contributed by atoms with Gasteiger partial charge < -0.3 is 15.0 Å². The van der Waals surface area contributed by atoms with Gasteiger partial charge >= 0.3 is 6.18 Å². The fraction of sp³-hybridized carbons (Fsp3) is 0.444. The second kappa shape index (κ2) is 7.30. The van der Waals surface area contributed by atoms with Crippen molar-refractivity contribution in [2.75, 3.05) is 6.54 Å². The Morgan fingerprint density at radius 2 is 1.89 bits per heavy atom. The predicted octanol–water partition coefficient (Wildman–Crippen LogP) is 2.79. The van der Waals surface area contributed by atoms with E-state index in [0.717, 1.165) is 10.8 Å². The number of halogens is 4. The molecule has 2 aromatic rings. The minimum Gasteiger partial charge on any atom is -0.374 e. The van der Waals surface area contributed by atoms with Crippen molar-refractivity contribution < 1.29 is 27.5 Å². The van der Waals surface area contributed by atoms with Gasteiger partial charge in [0.2, 0.25) is 11.5 Å². The normalized spacial score (nSPS) is 14.7. The van der Waals surface area contributed by atoms with E-state index in [2.05, 4.69) is 10.3 Å². The van der Waals surface area contributed by atoms with Crippen LogP contribution in [-0.4, -0.2) is 33.3 Å². The molecule has 0 spiro atoms. The van der Waals surface area contributed by atoms with E-state index in [1.54, 1.807) is 26.0 Å². The number of carbonyl (C=O) groups is 1. The molecule has 1 atom stereocenters. The number of alkyl halides is 3. The molecular formula is C18H21F4N3O2. The first-order valence-corrected chi connectivity index (χ1v) is 8.17. The third-order valence-electron chi connectivity index (χ3n) is 4.41. The summed E-state index contributed by atoms with van der Waals surface area (Å²) < 4.78 is 55.4. The molecule has 0 aliphatic rings. The quantitative estimate of drug-likeness (QED) is 0.749. The van der Waals surface area contributed by atoms with Crippen LogP contribution in [0.15, 0.2) is 36.7 Å². The highest BCUT2D eigenvalue weighted by molar-refractivity contribution is 5.77. The highest BCUT2D eigenvalue weighted by atomic mass is 19.4. The second-order valence-corrected chi connectivity index (χ2v) is 7.04. The van der Waals surface area contributed by atoms with E-state index in [1.807, 2.05) is 0 Å². The van der Waals surface area contributed by atoms with Crippen LogP contribution in [0.1, 0.15) is 31.7 Å². The topological polar surface area (TPSA) is 67.1 Å². The summed E-state index contributed by atoms with van der Waals surface area (Å²) in [5.74, 6) is -2.18. The van der Waals surface area contributed by atoms with E-state index in [4.69, 9.17) is 0 Å². The minimum atomic E-state index is -5.11. The lowest BCUT2D eigenvalue weighted by molar-refractivity contribution is -0.271. The van der Waals surface area contributed by atoms with Gasteiger partial charge in [0.1, 0.15) is 5.82 Å². The maximum Gasteiger partial charge on any atom is 0.425 e. The molecule has 1 heterocycles. The standard InChI is InChI=1S/C18H21F4N3O2/c1-16(2,12-6-4-5-7-13(12)19)11-24-14(26)10-17(27,18(20,21)22)15-23-8-9-25(15)3/h4-9,27H,10-11H2,1-3H3,(H,24,26). The van der Waals surface area contributed by atoms with E-state index >= 15 is 0 Å². The van der Waals surface area contributed by atoms with Crippen molar-refractivity contribution in [3.8, 4) is 0 Å². The third kappa shape index (κ3) is 4.29. The SMILES string of the molecule is Cn1ccnc1C(O)(CC(=O)NCC(C)(C)c1ccccc1F)C(F)(F)F. The number of rotatable bonds is 6. The molecular weight excluding hydrogens is 366 g/mol. The number of nitrogens with one attached hydrogen (secondary N) is 1. The summed E-state index contributed by atoms with van der Waals surface area (Å²) in [4.78, 5) is 15.7. The number of hydrogen-bond acceptors (Lipinski definition) is 3. The zero-order valence-corrected chi connectivity index (χ0v) is 15.1. The molecule has 1 amide bonds. The lowest BCUT2D eigenvalue weighted by Crippen LogP contribution is -2.49. The predicted molar refractivity (Wildman–Crippen MR) is 90.2 cm³/mol. The molecule has 2 rings (SSSR count). The Balaban J connectivity index is 2.16. The molecule has 5 nitrogen and oxygen atoms in total. The number of aromatic nitrogens is 2. The molecule has 0 saturated carbocycles. The first-order chi connectivity index (χ1) is 12.4. The summed E-state index contributed by atoms with van der Waals surface area (Å²) >= 11 is 0. The Bertz CT molecular complexity index is 817. The molecule has 1 aromatic heterocycles. The smallest absolute Gasteiger partial charge is 0.374 e. The van der Waals surface area contributed by atoms with E-state index in [9.17, 15) is 27.5 Å². The number of aryl methyl sites for hydroxylation is 1. The number of hydrogen-bond donors (Lipinski definition) is 2. The van der Waals surface area contributed by atoms with Crippen LogP contribution in [0.4, 0.5) is 17.6 Å². The van der Waals surface area contributed by atoms with Gasteiger partial charge in [0, 0.05) is 31.4 Å². The van der Waals surface area contributed by atoms with Gasteiger partial charge in [0.05, 0.1) is 6.42 Å². The average molecular weight is 387 g/mol. The Hall–Kier alpha value is -2.42. The van der Waals surface area contributed by atoms with Crippen molar-refractivity contribution in [1.82, 2.24) is 14.9 Å². The number of benzene rings is 1. The highest BCUT2D eigenvalue weighted by Gasteiger charge is 2.58. The summed E-state index contributed by atoms with van der Waals surface area (Å²) in [7, 11) is 1.29. The molecule has 9 heteroatoms. The van der Waals surface area contributed by atoms with Gasteiger partial charge in [-0.15, -0.1) is 0 Å². The molecule has 1 aromatic carbocycles. The first kappa shape index (κ1) is 20.9. The number of amides is 1. The lowest BCUT2D eigenvalue weighted by atomic mass is 9.84. The van der Waals surface area contributed by atoms with Gasteiger partial charge in [-0.05, 0) is 11.6 Å². The van der Waals surface area contributed by atoms with Crippen LogP contribution in [0.25, 0.3) is 0 Å². The van der Waals surface area contributed by atoms with Crippen LogP contribution in [0.2, 0.25) is 0 Å².